The lowest BCUT2D eigenvalue weighted by Gasteiger charge is -2.27. The third-order valence-corrected chi connectivity index (χ3v) is 2.64. The number of nitrogens with zero attached hydrogens (tertiary/aromatic N) is 3. The van der Waals surface area contributed by atoms with Crippen molar-refractivity contribution in [2.24, 2.45) is 0 Å². The van der Waals surface area contributed by atoms with Crippen LogP contribution in [0.5, 0.6) is 0 Å². The lowest BCUT2D eigenvalue weighted by molar-refractivity contribution is -0.118. The van der Waals surface area contributed by atoms with Crippen molar-refractivity contribution in [3.8, 4) is 6.07 Å². The van der Waals surface area contributed by atoms with Crippen molar-refractivity contribution in [2.45, 2.75) is 19.8 Å². The number of pyridine rings is 1. The molecule has 2 rings (SSSR count). The number of aromatic nitrogens is 1. The van der Waals surface area contributed by atoms with Gasteiger partial charge in [-0.05, 0) is 25.5 Å². The van der Waals surface area contributed by atoms with E-state index in [0.29, 0.717) is 18.5 Å². The molecule has 0 amide bonds. The van der Waals surface area contributed by atoms with Crippen molar-refractivity contribution >= 4 is 11.6 Å². The second kappa shape index (κ2) is 4.31. The monoisotopic (exact) mass is 215 g/mol. The van der Waals surface area contributed by atoms with E-state index in [9.17, 15) is 4.79 Å². The van der Waals surface area contributed by atoms with Crippen LogP contribution in [0.15, 0.2) is 12.1 Å². The third-order valence-electron chi connectivity index (χ3n) is 2.64. The fraction of sp³-hybridized carbons (Fsp3) is 0.417. The van der Waals surface area contributed by atoms with Crippen molar-refractivity contribution in [2.75, 3.05) is 18.0 Å². The van der Waals surface area contributed by atoms with Gasteiger partial charge in [0.1, 0.15) is 5.82 Å². The van der Waals surface area contributed by atoms with Gasteiger partial charge in [-0.1, -0.05) is 0 Å². The Balaban J connectivity index is 2.29. The van der Waals surface area contributed by atoms with Gasteiger partial charge in [0.15, 0.2) is 5.78 Å². The fourth-order valence-corrected chi connectivity index (χ4v) is 1.91. The normalized spacial score (nSPS) is 16.0. The zero-order chi connectivity index (χ0) is 11.5. The smallest absolute Gasteiger partial charge is 0.152 e. The highest BCUT2D eigenvalue weighted by atomic mass is 16.1. The summed E-state index contributed by atoms with van der Waals surface area (Å²) in [6.45, 7) is 3.12. The molecule has 0 aliphatic carbocycles. The summed E-state index contributed by atoms with van der Waals surface area (Å²) in [5.74, 6) is 0.984. The van der Waals surface area contributed by atoms with Crippen molar-refractivity contribution < 1.29 is 4.79 Å². The molecule has 4 heteroatoms. The predicted octanol–water partition coefficient (Wildman–Crippen LogP) is 1.43. The molecule has 0 unspecified atom stereocenters. The van der Waals surface area contributed by atoms with E-state index in [0.717, 1.165) is 24.5 Å². The maximum atomic E-state index is 11.4. The van der Waals surface area contributed by atoms with Crippen LogP contribution >= 0.6 is 0 Å². The number of aryl methyl sites for hydroxylation is 1. The van der Waals surface area contributed by atoms with Crippen LogP contribution in [0.1, 0.15) is 24.1 Å². The summed E-state index contributed by atoms with van der Waals surface area (Å²) < 4.78 is 0. The van der Waals surface area contributed by atoms with Gasteiger partial charge in [0.05, 0.1) is 18.2 Å². The van der Waals surface area contributed by atoms with E-state index in [1.54, 1.807) is 12.1 Å². The van der Waals surface area contributed by atoms with E-state index in [1.807, 2.05) is 11.8 Å². The molecule has 0 saturated carbocycles. The molecule has 2 heterocycles. The summed E-state index contributed by atoms with van der Waals surface area (Å²) in [5.41, 5.74) is 1.41. The molecule has 82 valence electrons. The summed E-state index contributed by atoms with van der Waals surface area (Å²) in [7, 11) is 0. The van der Waals surface area contributed by atoms with E-state index in [1.165, 1.54) is 0 Å². The van der Waals surface area contributed by atoms with Gasteiger partial charge in [-0.2, -0.15) is 5.26 Å². The first-order valence-electron chi connectivity index (χ1n) is 5.34. The Bertz CT molecular complexity index is 462. The Morgan fingerprint density at radius 2 is 2.31 bits per heavy atom. The quantitative estimate of drug-likeness (QED) is 0.711. The van der Waals surface area contributed by atoms with Gasteiger partial charge >= 0.3 is 0 Å². The molecule has 0 atom stereocenters. The largest absolute Gasteiger partial charge is 0.349 e. The Kier molecular flexibility index (Phi) is 2.86. The van der Waals surface area contributed by atoms with Gasteiger partial charge in [0.2, 0.25) is 0 Å². The zero-order valence-corrected chi connectivity index (χ0v) is 9.23. The van der Waals surface area contributed by atoms with Crippen molar-refractivity contribution in [1.29, 1.82) is 5.26 Å². The minimum absolute atomic E-state index is 0.244. The molecular formula is C12H13N3O. The van der Waals surface area contributed by atoms with Crippen molar-refractivity contribution in [3.05, 3.63) is 23.4 Å². The molecule has 16 heavy (non-hydrogen) atoms. The van der Waals surface area contributed by atoms with Crippen LogP contribution in [-0.4, -0.2) is 23.9 Å². The van der Waals surface area contributed by atoms with Gasteiger partial charge in [-0.3, -0.25) is 4.79 Å². The van der Waals surface area contributed by atoms with Crippen molar-refractivity contribution in [3.63, 3.8) is 0 Å². The summed E-state index contributed by atoms with van der Waals surface area (Å²) in [5, 5.41) is 8.87. The lowest BCUT2D eigenvalue weighted by Crippen LogP contribution is -2.36. The molecule has 4 nitrogen and oxygen atoms in total. The minimum atomic E-state index is 0.244. The summed E-state index contributed by atoms with van der Waals surface area (Å²) in [4.78, 5) is 17.7. The van der Waals surface area contributed by atoms with Gasteiger partial charge in [0, 0.05) is 18.7 Å². The number of rotatable bonds is 1. The van der Waals surface area contributed by atoms with Gasteiger partial charge in [-0.15, -0.1) is 0 Å². The SMILES string of the molecule is Cc1cc(C#N)cc(N2CCCC(=O)C2)n1. The molecule has 0 bridgehead atoms. The number of hydrogen-bond acceptors (Lipinski definition) is 4. The van der Waals surface area contributed by atoms with Crippen LogP contribution in [0.4, 0.5) is 5.82 Å². The maximum Gasteiger partial charge on any atom is 0.152 e. The second-order valence-electron chi connectivity index (χ2n) is 4.03. The average molecular weight is 215 g/mol. The Morgan fingerprint density at radius 3 is 3.00 bits per heavy atom. The van der Waals surface area contributed by atoms with Crippen molar-refractivity contribution in [1.82, 2.24) is 4.98 Å². The highest BCUT2D eigenvalue weighted by Gasteiger charge is 2.18. The molecule has 1 saturated heterocycles. The van der Waals surface area contributed by atoms with Gasteiger partial charge in [0.25, 0.3) is 0 Å². The maximum absolute atomic E-state index is 11.4. The first-order chi connectivity index (χ1) is 7.69. The van der Waals surface area contributed by atoms with E-state index < -0.39 is 0 Å². The average Bonchev–Trinajstić information content (AvgIpc) is 2.28. The summed E-state index contributed by atoms with van der Waals surface area (Å²) >= 11 is 0. The number of hydrogen-bond donors (Lipinski definition) is 0. The predicted molar refractivity (Wildman–Crippen MR) is 60.1 cm³/mol. The lowest BCUT2D eigenvalue weighted by atomic mass is 10.1. The molecule has 1 aliphatic rings. The highest BCUT2D eigenvalue weighted by molar-refractivity contribution is 5.84. The van der Waals surface area contributed by atoms with Gasteiger partial charge in [-0.25, -0.2) is 4.98 Å². The number of carbonyl (C=O) groups excluding carboxylic acids is 1. The molecule has 1 fully saturated rings. The number of nitriles is 1. The number of anilines is 1. The second-order valence-corrected chi connectivity index (χ2v) is 4.03. The Labute approximate surface area is 94.5 Å². The van der Waals surface area contributed by atoms with Crippen LogP contribution < -0.4 is 4.90 Å². The number of Topliss-reactive ketones (excluding diaryl/α,β-unsaturated/α-hetero) is 1. The molecule has 1 aromatic rings. The van der Waals surface area contributed by atoms with Crippen LogP contribution in [0.3, 0.4) is 0 Å². The van der Waals surface area contributed by atoms with Crippen LogP contribution in [-0.2, 0) is 4.79 Å². The number of ketones is 1. The first-order valence-corrected chi connectivity index (χ1v) is 5.34. The summed E-state index contributed by atoms with van der Waals surface area (Å²) in [6, 6.07) is 5.59. The standard InChI is InChI=1S/C12H13N3O/c1-9-5-10(7-13)6-12(14-9)15-4-2-3-11(16)8-15/h5-6H,2-4,8H2,1H3. The van der Waals surface area contributed by atoms with Crippen LogP contribution in [0.2, 0.25) is 0 Å². The third kappa shape index (κ3) is 2.19. The van der Waals surface area contributed by atoms with E-state index >= 15 is 0 Å². The summed E-state index contributed by atoms with van der Waals surface area (Å²) in [6.07, 6.45) is 1.53. The number of piperidine rings is 1. The molecular weight excluding hydrogens is 202 g/mol. The van der Waals surface area contributed by atoms with Gasteiger partial charge < -0.3 is 4.90 Å². The topological polar surface area (TPSA) is 57.0 Å². The Hall–Kier alpha value is -1.89. The molecule has 0 N–H and O–H groups in total. The highest BCUT2D eigenvalue weighted by Crippen LogP contribution is 2.18. The Morgan fingerprint density at radius 1 is 1.50 bits per heavy atom. The first kappa shape index (κ1) is 10.6. The molecule has 0 spiro atoms. The van der Waals surface area contributed by atoms with Crippen LogP contribution in [0.25, 0.3) is 0 Å². The molecule has 0 radical (unpaired) electrons. The molecule has 0 aromatic carbocycles. The van der Waals surface area contributed by atoms with E-state index in [-0.39, 0.29) is 5.78 Å². The number of carbonyl (C=O) groups is 1. The molecule has 1 aromatic heterocycles. The van der Waals surface area contributed by atoms with Crippen LogP contribution in [0, 0.1) is 18.3 Å². The fourth-order valence-electron chi connectivity index (χ4n) is 1.91. The van der Waals surface area contributed by atoms with E-state index in [4.69, 9.17) is 5.26 Å². The molecule has 1 aliphatic heterocycles. The van der Waals surface area contributed by atoms with E-state index in [2.05, 4.69) is 11.1 Å². The zero-order valence-electron chi connectivity index (χ0n) is 9.23. The minimum Gasteiger partial charge on any atom is -0.349 e.